The molecular formula is C12H19N. The molecule has 0 heterocycles. The molecule has 0 spiro atoms. The quantitative estimate of drug-likeness (QED) is 0.754. The zero-order chi connectivity index (χ0) is 9.90. The number of rotatable bonds is 3. The maximum atomic E-state index is 6.29. The standard InChI is InChI=1S/C12H19N/c1-4-12(13,5-2)11-8-6-7-10(3)9-11/h6-9H,4-5,13H2,1-3H3. The van der Waals surface area contributed by atoms with Crippen molar-refractivity contribution in [1.82, 2.24) is 0 Å². The Hall–Kier alpha value is -0.820. The number of nitrogens with two attached hydrogens (primary N) is 1. The summed E-state index contributed by atoms with van der Waals surface area (Å²) in [5.41, 5.74) is 8.70. The van der Waals surface area contributed by atoms with Gasteiger partial charge in [-0.2, -0.15) is 0 Å². The molecule has 72 valence electrons. The van der Waals surface area contributed by atoms with E-state index in [2.05, 4.69) is 45.0 Å². The molecule has 0 amide bonds. The first-order chi connectivity index (χ1) is 6.12. The molecule has 0 aliphatic heterocycles. The lowest BCUT2D eigenvalue weighted by atomic mass is 9.85. The fraction of sp³-hybridized carbons (Fsp3) is 0.500. The van der Waals surface area contributed by atoms with Crippen molar-refractivity contribution in [2.75, 3.05) is 0 Å². The van der Waals surface area contributed by atoms with Gasteiger partial charge >= 0.3 is 0 Å². The Labute approximate surface area is 81.0 Å². The predicted molar refractivity (Wildman–Crippen MR) is 57.6 cm³/mol. The van der Waals surface area contributed by atoms with Gasteiger partial charge in [0.15, 0.2) is 0 Å². The van der Waals surface area contributed by atoms with E-state index in [1.807, 2.05) is 0 Å². The van der Waals surface area contributed by atoms with Crippen LogP contribution in [0.5, 0.6) is 0 Å². The van der Waals surface area contributed by atoms with Gasteiger partial charge in [-0.25, -0.2) is 0 Å². The SMILES string of the molecule is CCC(N)(CC)c1cccc(C)c1. The fourth-order valence-corrected chi connectivity index (χ4v) is 1.61. The lowest BCUT2D eigenvalue weighted by Crippen LogP contribution is -2.35. The molecule has 0 aliphatic carbocycles. The Morgan fingerprint density at radius 3 is 2.31 bits per heavy atom. The minimum Gasteiger partial charge on any atom is -0.321 e. The summed E-state index contributed by atoms with van der Waals surface area (Å²) < 4.78 is 0. The lowest BCUT2D eigenvalue weighted by Gasteiger charge is -2.27. The van der Waals surface area contributed by atoms with Crippen molar-refractivity contribution >= 4 is 0 Å². The minimum absolute atomic E-state index is 0.133. The van der Waals surface area contributed by atoms with Gasteiger partial charge in [-0.15, -0.1) is 0 Å². The first-order valence-electron chi connectivity index (χ1n) is 4.98. The van der Waals surface area contributed by atoms with Gasteiger partial charge in [0.05, 0.1) is 0 Å². The average molecular weight is 177 g/mol. The second kappa shape index (κ2) is 3.93. The maximum absolute atomic E-state index is 6.29. The molecule has 1 nitrogen and oxygen atoms in total. The topological polar surface area (TPSA) is 26.0 Å². The van der Waals surface area contributed by atoms with E-state index < -0.39 is 0 Å². The summed E-state index contributed by atoms with van der Waals surface area (Å²) in [7, 11) is 0. The summed E-state index contributed by atoms with van der Waals surface area (Å²) in [4.78, 5) is 0. The molecule has 13 heavy (non-hydrogen) atoms. The zero-order valence-corrected chi connectivity index (χ0v) is 8.80. The van der Waals surface area contributed by atoms with Gasteiger partial charge in [0.1, 0.15) is 0 Å². The summed E-state index contributed by atoms with van der Waals surface area (Å²) in [5, 5.41) is 0. The molecule has 0 fully saturated rings. The molecule has 0 aliphatic rings. The van der Waals surface area contributed by atoms with Crippen molar-refractivity contribution in [1.29, 1.82) is 0 Å². The van der Waals surface area contributed by atoms with Crippen LogP contribution in [0.2, 0.25) is 0 Å². The van der Waals surface area contributed by atoms with E-state index in [-0.39, 0.29) is 5.54 Å². The van der Waals surface area contributed by atoms with Gasteiger partial charge in [0.2, 0.25) is 0 Å². The highest BCUT2D eigenvalue weighted by atomic mass is 14.7. The van der Waals surface area contributed by atoms with E-state index in [0.717, 1.165) is 12.8 Å². The molecule has 0 radical (unpaired) electrons. The molecular weight excluding hydrogens is 158 g/mol. The van der Waals surface area contributed by atoms with Gasteiger partial charge < -0.3 is 5.73 Å². The highest BCUT2D eigenvalue weighted by Gasteiger charge is 2.22. The third-order valence-corrected chi connectivity index (χ3v) is 2.85. The molecule has 0 aromatic heterocycles. The van der Waals surface area contributed by atoms with Crippen molar-refractivity contribution in [2.24, 2.45) is 5.73 Å². The summed E-state index contributed by atoms with van der Waals surface area (Å²) in [5.74, 6) is 0. The van der Waals surface area contributed by atoms with Crippen LogP contribution in [0, 0.1) is 6.92 Å². The average Bonchev–Trinajstić information content (AvgIpc) is 2.17. The molecule has 1 heteroatoms. The third kappa shape index (κ3) is 2.10. The Bertz CT molecular complexity index is 274. The Morgan fingerprint density at radius 2 is 1.85 bits per heavy atom. The van der Waals surface area contributed by atoms with Crippen molar-refractivity contribution in [3.8, 4) is 0 Å². The molecule has 1 aromatic carbocycles. The largest absolute Gasteiger partial charge is 0.321 e. The summed E-state index contributed by atoms with van der Waals surface area (Å²) in [6.45, 7) is 6.40. The van der Waals surface area contributed by atoms with Gasteiger partial charge in [0, 0.05) is 5.54 Å². The van der Waals surface area contributed by atoms with E-state index in [1.54, 1.807) is 0 Å². The van der Waals surface area contributed by atoms with Crippen molar-refractivity contribution in [3.05, 3.63) is 35.4 Å². The summed E-state index contributed by atoms with van der Waals surface area (Å²) in [6.07, 6.45) is 1.99. The molecule has 0 saturated carbocycles. The fourth-order valence-electron chi connectivity index (χ4n) is 1.61. The van der Waals surface area contributed by atoms with Crippen LogP contribution >= 0.6 is 0 Å². The van der Waals surface area contributed by atoms with E-state index in [9.17, 15) is 0 Å². The lowest BCUT2D eigenvalue weighted by molar-refractivity contribution is 0.412. The highest BCUT2D eigenvalue weighted by Crippen LogP contribution is 2.25. The molecule has 0 saturated heterocycles. The number of hydrogen-bond acceptors (Lipinski definition) is 1. The zero-order valence-electron chi connectivity index (χ0n) is 8.80. The van der Waals surface area contributed by atoms with E-state index in [4.69, 9.17) is 5.73 Å². The first kappa shape index (κ1) is 10.3. The molecule has 0 bridgehead atoms. The number of aryl methyl sites for hydroxylation is 1. The minimum atomic E-state index is -0.133. The van der Waals surface area contributed by atoms with Crippen LogP contribution in [0.4, 0.5) is 0 Å². The van der Waals surface area contributed by atoms with E-state index >= 15 is 0 Å². The normalized spacial score (nSPS) is 11.7. The second-order valence-corrected chi connectivity index (χ2v) is 3.73. The van der Waals surface area contributed by atoms with Crippen molar-refractivity contribution < 1.29 is 0 Å². The van der Waals surface area contributed by atoms with E-state index in [0.29, 0.717) is 0 Å². The first-order valence-corrected chi connectivity index (χ1v) is 4.98. The molecule has 2 N–H and O–H groups in total. The Kier molecular flexibility index (Phi) is 3.10. The van der Waals surface area contributed by atoms with Gasteiger partial charge in [-0.05, 0) is 25.3 Å². The van der Waals surface area contributed by atoms with Crippen LogP contribution in [0.1, 0.15) is 37.8 Å². The molecule has 1 aromatic rings. The van der Waals surface area contributed by atoms with Crippen LogP contribution in [-0.2, 0) is 5.54 Å². The second-order valence-electron chi connectivity index (χ2n) is 3.73. The van der Waals surface area contributed by atoms with Gasteiger partial charge in [-0.3, -0.25) is 0 Å². The van der Waals surface area contributed by atoms with Crippen molar-refractivity contribution in [3.63, 3.8) is 0 Å². The van der Waals surface area contributed by atoms with E-state index in [1.165, 1.54) is 11.1 Å². The Morgan fingerprint density at radius 1 is 1.23 bits per heavy atom. The molecule has 0 unspecified atom stereocenters. The highest BCUT2D eigenvalue weighted by molar-refractivity contribution is 5.28. The monoisotopic (exact) mass is 177 g/mol. The van der Waals surface area contributed by atoms with Gasteiger partial charge in [0.25, 0.3) is 0 Å². The van der Waals surface area contributed by atoms with Crippen molar-refractivity contribution in [2.45, 2.75) is 39.2 Å². The van der Waals surface area contributed by atoms with Crippen LogP contribution in [0.3, 0.4) is 0 Å². The van der Waals surface area contributed by atoms with Crippen LogP contribution in [-0.4, -0.2) is 0 Å². The van der Waals surface area contributed by atoms with Crippen LogP contribution in [0.25, 0.3) is 0 Å². The molecule has 1 rings (SSSR count). The maximum Gasteiger partial charge on any atom is 0.0404 e. The Balaban J connectivity index is 3.05. The number of hydrogen-bond donors (Lipinski definition) is 1. The van der Waals surface area contributed by atoms with Crippen LogP contribution in [0.15, 0.2) is 24.3 Å². The third-order valence-electron chi connectivity index (χ3n) is 2.85. The number of benzene rings is 1. The predicted octanol–water partition coefficient (Wildman–Crippen LogP) is 2.97. The van der Waals surface area contributed by atoms with Crippen LogP contribution < -0.4 is 5.73 Å². The molecule has 0 atom stereocenters. The summed E-state index contributed by atoms with van der Waals surface area (Å²) in [6, 6.07) is 8.50. The summed E-state index contributed by atoms with van der Waals surface area (Å²) >= 11 is 0. The smallest absolute Gasteiger partial charge is 0.0404 e. The van der Waals surface area contributed by atoms with Gasteiger partial charge in [-0.1, -0.05) is 43.7 Å².